The lowest BCUT2D eigenvalue weighted by molar-refractivity contribution is 0.331. The number of thioether (sulfide) groups is 2. The SMILES string of the molecule is CCOc1ccccc1C(NC)C1SCCSC1C. The van der Waals surface area contributed by atoms with Gasteiger partial charge in [-0.2, -0.15) is 23.5 Å². The van der Waals surface area contributed by atoms with Gasteiger partial charge in [0.2, 0.25) is 0 Å². The van der Waals surface area contributed by atoms with Gasteiger partial charge in [-0.1, -0.05) is 25.1 Å². The Kier molecular flexibility index (Phi) is 5.92. The molecule has 1 saturated heterocycles. The fourth-order valence-electron chi connectivity index (χ4n) is 2.54. The van der Waals surface area contributed by atoms with E-state index in [9.17, 15) is 0 Å². The summed E-state index contributed by atoms with van der Waals surface area (Å²) in [5, 5.41) is 4.78. The van der Waals surface area contributed by atoms with E-state index in [1.54, 1.807) is 0 Å². The average molecular weight is 297 g/mol. The van der Waals surface area contributed by atoms with Crippen molar-refractivity contribution >= 4 is 23.5 Å². The highest BCUT2D eigenvalue weighted by Gasteiger charge is 2.31. The predicted molar refractivity (Wildman–Crippen MR) is 87.6 cm³/mol. The third kappa shape index (κ3) is 3.61. The number of hydrogen-bond donors (Lipinski definition) is 1. The molecule has 0 aromatic heterocycles. The predicted octanol–water partition coefficient (Wildman–Crippen LogP) is 3.58. The summed E-state index contributed by atoms with van der Waals surface area (Å²) in [7, 11) is 2.06. The van der Waals surface area contributed by atoms with Crippen LogP contribution in [-0.4, -0.2) is 35.7 Å². The zero-order chi connectivity index (χ0) is 13.7. The van der Waals surface area contributed by atoms with Gasteiger partial charge in [-0.25, -0.2) is 0 Å². The van der Waals surface area contributed by atoms with E-state index in [4.69, 9.17) is 4.74 Å². The minimum absolute atomic E-state index is 0.357. The zero-order valence-electron chi connectivity index (χ0n) is 11.9. The number of rotatable bonds is 5. The normalized spacial score (nSPS) is 25.0. The summed E-state index contributed by atoms with van der Waals surface area (Å²) in [5.74, 6) is 3.54. The molecule has 106 valence electrons. The van der Waals surface area contributed by atoms with E-state index in [0.29, 0.717) is 16.5 Å². The van der Waals surface area contributed by atoms with Crippen LogP contribution in [0.1, 0.15) is 25.5 Å². The molecule has 1 heterocycles. The standard InChI is InChI=1S/C15H23NOS2/c1-4-17-13-8-6-5-7-12(13)14(16-3)15-11(2)18-9-10-19-15/h5-8,11,14-16H,4,9-10H2,1-3H3. The van der Waals surface area contributed by atoms with E-state index >= 15 is 0 Å². The maximum absolute atomic E-state index is 5.79. The molecule has 0 aliphatic carbocycles. The quantitative estimate of drug-likeness (QED) is 0.896. The molecule has 4 heteroatoms. The van der Waals surface area contributed by atoms with Crippen molar-refractivity contribution in [1.82, 2.24) is 5.32 Å². The Morgan fingerprint density at radius 1 is 1.32 bits per heavy atom. The fourth-order valence-corrected chi connectivity index (χ4v) is 5.52. The Morgan fingerprint density at radius 3 is 2.74 bits per heavy atom. The maximum Gasteiger partial charge on any atom is 0.124 e. The van der Waals surface area contributed by atoms with Crippen molar-refractivity contribution in [2.75, 3.05) is 25.2 Å². The van der Waals surface area contributed by atoms with Crippen LogP contribution in [-0.2, 0) is 0 Å². The van der Waals surface area contributed by atoms with Crippen LogP contribution >= 0.6 is 23.5 Å². The van der Waals surface area contributed by atoms with Crippen molar-refractivity contribution in [3.8, 4) is 5.75 Å². The molecule has 0 saturated carbocycles. The molecule has 2 nitrogen and oxygen atoms in total. The molecular formula is C15H23NOS2. The Morgan fingerprint density at radius 2 is 2.05 bits per heavy atom. The van der Waals surface area contributed by atoms with Crippen molar-refractivity contribution in [2.45, 2.75) is 30.4 Å². The minimum Gasteiger partial charge on any atom is -0.494 e. The molecule has 0 radical (unpaired) electrons. The highest BCUT2D eigenvalue weighted by molar-refractivity contribution is 8.07. The molecule has 3 unspecified atom stereocenters. The van der Waals surface area contributed by atoms with Gasteiger partial charge in [0.25, 0.3) is 0 Å². The molecular weight excluding hydrogens is 274 g/mol. The molecule has 1 aromatic carbocycles. The highest BCUT2D eigenvalue weighted by atomic mass is 32.2. The summed E-state index contributed by atoms with van der Waals surface area (Å²) in [4.78, 5) is 0. The van der Waals surface area contributed by atoms with E-state index in [2.05, 4.69) is 61.0 Å². The Labute approximate surface area is 125 Å². The zero-order valence-corrected chi connectivity index (χ0v) is 13.5. The topological polar surface area (TPSA) is 21.3 Å². The van der Waals surface area contributed by atoms with Gasteiger partial charge in [-0.05, 0) is 20.0 Å². The minimum atomic E-state index is 0.357. The van der Waals surface area contributed by atoms with Crippen LogP contribution in [0, 0.1) is 0 Å². The first kappa shape index (κ1) is 15.1. The van der Waals surface area contributed by atoms with Gasteiger partial charge in [0.05, 0.1) is 6.61 Å². The maximum atomic E-state index is 5.79. The lowest BCUT2D eigenvalue weighted by Crippen LogP contribution is -2.36. The number of benzene rings is 1. The number of para-hydroxylation sites is 1. The third-order valence-electron chi connectivity index (χ3n) is 3.43. The van der Waals surface area contributed by atoms with Gasteiger partial charge >= 0.3 is 0 Å². The van der Waals surface area contributed by atoms with Crippen molar-refractivity contribution < 1.29 is 4.74 Å². The summed E-state index contributed by atoms with van der Waals surface area (Å²) in [6.45, 7) is 5.10. The van der Waals surface area contributed by atoms with Gasteiger partial charge in [-0.15, -0.1) is 0 Å². The first-order chi connectivity index (χ1) is 9.27. The molecule has 1 aliphatic heterocycles. The smallest absolute Gasteiger partial charge is 0.124 e. The number of ether oxygens (including phenoxy) is 1. The van der Waals surface area contributed by atoms with Gasteiger partial charge < -0.3 is 10.1 Å². The molecule has 19 heavy (non-hydrogen) atoms. The van der Waals surface area contributed by atoms with Crippen molar-refractivity contribution in [2.24, 2.45) is 0 Å². The van der Waals surface area contributed by atoms with Crippen molar-refractivity contribution in [3.05, 3.63) is 29.8 Å². The van der Waals surface area contributed by atoms with Crippen molar-refractivity contribution in [1.29, 1.82) is 0 Å². The second-order valence-electron chi connectivity index (χ2n) is 4.65. The Bertz CT molecular complexity index is 399. The third-order valence-corrected chi connectivity index (χ3v) is 6.63. The molecule has 0 amide bonds. The Balaban J connectivity index is 2.25. The van der Waals surface area contributed by atoms with Crippen LogP contribution in [0.5, 0.6) is 5.75 Å². The summed E-state index contributed by atoms with van der Waals surface area (Å²) in [6, 6.07) is 8.78. The largest absolute Gasteiger partial charge is 0.494 e. The number of nitrogens with one attached hydrogen (secondary N) is 1. The van der Waals surface area contributed by atoms with Gasteiger partial charge in [0.15, 0.2) is 0 Å². The molecule has 0 bridgehead atoms. The van der Waals surface area contributed by atoms with Gasteiger partial charge in [0, 0.05) is 33.6 Å². The van der Waals surface area contributed by atoms with E-state index in [1.165, 1.54) is 17.1 Å². The van der Waals surface area contributed by atoms with Gasteiger partial charge in [0.1, 0.15) is 5.75 Å². The molecule has 3 atom stereocenters. The van der Waals surface area contributed by atoms with Crippen LogP contribution < -0.4 is 10.1 Å². The summed E-state index contributed by atoms with van der Waals surface area (Å²) < 4.78 is 5.79. The molecule has 1 aliphatic rings. The van der Waals surface area contributed by atoms with Crippen LogP contribution in [0.2, 0.25) is 0 Å². The summed E-state index contributed by atoms with van der Waals surface area (Å²) in [5.41, 5.74) is 1.29. The van der Waals surface area contributed by atoms with E-state index < -0.39 is 0 Å². The lowest BCUT2D eigenvalue weighted by Gasteiger charge is -2.35. The molecule has 0 spiro atoms. The fraction of sp³-hybridized carbons (Fsp3) is 0.600. The average Bonchev–Trinajstić information content (AvgIpc) is 2.44. The highest BCUT2D eigenvalue weighted by Crippen LogP contribution is 2.40. The number of hydrogen-bond acceptors (Lipinski definition) is 4. The van der Waals surface area contributed by atoms with Crippen LogP contribution in [0.3, 0.4) is 0 Å². The van der Waals surface area contributed by atoms with E-state index in [-0.39, 0.29) is 0 Å². The molecule has 1 aromatic rings. The second-order valence-corrected chi connectivity index (χ2v) is 7.42. The molecule has 1 N–H and O–H groups in total. The summed E-state index contributed by atoms with van der Waals surface area (Å²) >= 11 is 4.17. The van der Waals surface area contributed by atoms with Crippen LogP contribution in [0.25, 0.3) is 0 Å². The van der Waals surface area contributed by atoms with E-state index in [1.807, 2.05) is 13.0 Å². The first-order valence-electron chi connectivity index (χ1n) is 6.90. The van der Waals surface area contributed by atoms with Crippen molar-refractivity contribution in [3.63, 3.8) is 0 Å². The monoisotopic (exact) mass is 297 g/mol. The lowest BCUT2D eigenvalue weighted by atomic mass is 10.0. The van der Waals surface area contributed by atoms with E-state index in [0.717, 1.165) is 12.4 Å². The first-order valence-corrected chi connectivity index (χ1v) is 8.99. The molecule has 1 fully saturated rings. The summed E-state index contributed by atoms with van der Waals surface area (Å²) in [6.07, 6.45) is 0. The molecule has 2 rings (SSSR count). The second kappa shape index (κ2) is 7.46. The van der Waals surface area contributed by atoms with Crippen LogP contribution in [0.4, 0.5) is 0 Å². The Hall–Kier alpha value is -0.320. The van der Waals surface area contributed by atoms with Gasteiger partial charge in [-0.3, -0.25) is 0 Å². The van der Waals surface area contributed by atoms with Crippen LogP contribution in [0.15, 0.2) is 24.3 Å².